The Bertz CT molecular complexity index is 1010. The molecule has 7 nitrogen and oxygen atoms in total. The van der Waals surface area contributed by atoms with Gasteiger partial charge >= 0.3 is 0 Å². The van der Waals surface area contributed by atoms with Crippen LogP contribution in [0.15, 0.2) is 65.9 Å². The van der Waals surface area contributed by atoms with Crippen LogP contribution in [-0.4, -0.2) is 16.1 Å². The fraction of sp³-hybridized carbons (Fsp3) is 0.100. The van der Waals surface area contributed by atoms with Gasteiger partial charge in [-0.25, -0.2) is 4.98 Å². The quantitative estimate of drug-likeness (QED) is 0.221. The highest BCUT2D eigenvalue weighted by Crippen LogP contribution is 2.23. The Hall–Kier alpha value is -3.01. The van der Waals surface area contributed by atoms with Gasteiger partial charge in [0.25, 0.3) is 5.69 Å². The predicted molar refractivity (Wildman–Crippen MR) is 117 cm³/mol. The fourth-order valence-corrected chi connectivity index (χ4v) is 3.11. The summed E-state index contributed by atoms with van der Waals surface area (Å²) in [5.41, 5.74) is 5.91. The fourth-order valence-electron chi connectivity index (χ4n) is 2.41. The standard InChI is InChI=1S/C20H17IN4O3/c1-14-3-2-4-16(9-14)13-28-19-7-5-15(10-18(19)21)11-23-24-20-8-6-17(12-22-20)25(26)27/h2-12H,13H2,1H3,(H,22,24)/b23-11+. The third-order valence-corrected chi connectivity index (χ3v) is 4.63. The van der Waals surface area contributed by atoms with E-state index in [0.29, 0.717) is 12.4 Å². The highest BCUT2D eigenvalue weighted by molar-refractivity contribution is 14.1. The lowest BCUT2D eigenvalue weighted by Gasteiger charge is -2.09. The van der Waals surface area contributed by atoms with Crippen LogP contribution in [0.25, 0.3) is 0 Å². The molecular weight excluding hydrogens is 471 g/mol. The molecule has 28 heavy (non-hydrogen) atoms. The maximum atomic E-state index is 10.6. The van der Waals surface area contributed by atoms with E-state index in [1.807, 2.05) is 30.3 Å². The molecule has 0 aliphatic heterocycles. The Morgan fingerprint density at radius 1 is 1.25 bits per heavy atom. The third kappa shape index (κ3) is 5.49. The number of pyridine rings is 1. The second-order valence-electron chi connectivity index (χ2n) is 6.00. The predicted octanol–water partition coefficient (Wildman–Crippen LogP) is 4.93. The van der Waals surface area contributed by atoms with Crippen molar-refractivity contribution in [3.63, 3.8) is 0 Å². The smallest absolute Gasteiger partial charge is 0.287 e. The molecule has 0 atom stereocenters. The number of aromatic nitrogens is 1. The minimum absolute atomic E-state index is 0.0645. The zero-order chi connectivity index (χ0) is 19.9. The Morgan fingerprint density at radius 2 is 2.11 bits per heavy atom. The zero-order valence-electron chi connectivity index (χ0n) is 15.0. The Labute approximate surface area is 175 Å². The van der Waals surface area contributed by atoms with E-state index < -0.39 is 4.92 Å². The average molecular weight is 488 g/mol. The van der Waals surface area contributed by atoms with Gasteiger partial charge in [-0.05, 0) is 64.9 Å². The molecule has 8 heteroatoms. The number of ether oxygens (including phenoxy) is 1. The summed E-state index contributed by atoms with van der Waals surface area (Å²) in [5.74, 6) is 1.24. The van der Waals surface area contributed by atoms with E-state index >= 15 is 0 Å². The summed E-state index contributed by atoms with van der Waals surface area (Å²) in [4.78, 5) is 14.1. The van der Waals surface area contributed by atoms with E-state index in [1.54, 1.807) is 6.21 Å². The lowest BCUT2D eigenvalue weighted by atomic mass is 10.1. The van der Waals surface area contributed by atoms with Gasteiger partial charge in [-0.2, -0.15) is 5.10 Å². The van der Waals surface area contributed by atoms with E-state index in [0.717, 1.165) is 20.4 Å². The molecule has 0 saturated carbocycles. The summed E-state index contributed by atoms with van der Waals surface area (Å²) in [6.45, 7) is 2.57. The molecule has 0 amide bonds. The third-order valence-electron chi connectivity index (χ3n) is 3.78. The number of hydrogen-bond acceptors (Lipinski definition) is 6. The monoisotopic (exact) mass is 488 g/mol. The van der Waals surface area contributed by atoms with Crippen LogP contribution < -0.4 is 10.2 Å². The van der Waals surface area contributed by atoms with Gasteiger partial charge in [-0.1, -0.05) is 29.8 Å². The summed E-state index contributed by atoms with van der Waals surface area (Å²) in [7, 11) is 0. The summed E-state index contributed by atoms with van der Waals surface area (Å²) in [6.07, 6.45) is 2.83. The highest BCUT2D eigenvalue weighted by Gasteiger charge is 2.05. The van der Waals surface area contributed by atoms with Crippen LogP contribution in [0.3, 0.4) is 0 Å². The first-order valence-electron chi connectivity index (χ1n) is 8.39. The summed E-state index contributed by atoms with van der Waals surface area (Å²) in [6, 6.07) is 16.9. The largest absolute Gasteiger partial charge is 0.488 e. The molecule has 1 heterocycles. The van der Waals surface area contributed by atoms with Gasteiger partial charge in [0.1, 0.15) is 24.4 Å². The topological polar surface area (TPSA) is 89.6 Å². The maximum absolute atomic E-state index is 10.6. The molecule has 3 aromatic rings. The molecule has 0 aliphatic carbocycles. The zero-order valence-corrected chi connectivity index (χ0v) is 17.2. The number of nitro groups is 1. The van der Waals surface area contributed by atoms with E-state index in [9.17, 15) is 10.1 Å². The van der Waals surface area contributed by atoms with E-state index in [1.165, 1.54) is 23.9 Å². The van der Waals surface area contributed by atoms with Gasteiger partial charge in [0.05, 0.1) is 14.7 Å². The summed E-state index contributed by atoms with van der Waals surface area (Å²) in [5, 5.41) is 14.7. The van der Waals surface area contributed by atoms with Gasteiger partial charge in [0.15, 0.2) is 0 Å². The number of nitrogens with zero attached hydrogens (tertiary/aromatic N) is 3. The van der Waals surface area contributed by atoms with Crippen molar-refractivity contribution in [3.05, 3.63) is 91.2 Å². The maximum Gasteiger partial charge on any atom is 0.287 e. The van der Waals surface area contributed by atoms with Crippen LogP contribution in [-0.2, 0) is 6.61 Å². The normalized spacial score (nSPS) is 10.8. The number of rotatable bonds is 7. The molecular formula is C20H17IN4O3. The van der Waals surface area contributed by atoms with Crippen molar-refractivity contribution in [2.45, 2.75) is 13.5 Å². The van der Waals surface area contributed by atoms with Crippen LogP contribution in [0.5, 0.6) is 5.75 Å². The Morgan fingerprint density at radius 3 is 2.79 bits per heavy atom. The molecule has 0 fully saturated rings. The SMILES string of the molecule is Cc1cccc(COc2ccc(/C=N/Nc3ccc([N+](=O)[O-])cn3)cc2I)c1. The number of hydrazone groups is 1. The molecule has 0 saturated heterocycles. The first-order chi connectivity index (χ1) is 13.5. The average Bonchev–Trinajstić information content (AvgIpc) is 2.68. The molecule has 142 valence electrons. The molecule has 0 unspecified atom stereocenters. The van der Waals surface area contributed by atoms with Gasteiger partial charge in [-0.3, -0.25) is 15.5 Å². The van der Waals surface area contributed by atoms with E-state index in [2.05, 4.69) is 57.2 Å². The van der Waals surface area contributed by atoms with Crippen LogP contribution >= 0.6 is 22.6 Å². The van der Waals surface area contributed by atoms with Crippen LogP contribution in [0.1, 0.15) is 16.7 Å². The number of halogens is 1. The minimum Gasteiger partial charge on any atom is -0.488 e. The molecule has 0 bridgehead atoms. The summed E-state index contributed by atoms with van der Waals surface area (Å²) >= 11 is 2.23. The molecule has 0 spiro atoms. The van der Waals surface area contributed by atoms with Crippen molar-refractivity contribution < 1.29 is 9.66 Å². The molecule has 3 rings (SSSR count). The van der Waals surface area contributed by atoms with Gasteiger partial charge in [0, 0.05) is 6.07 Å². The van der Waals surface area contributed by atoms with Gasteiger partial charge in [0.2, 0.25) is 0 Å². The molecule has 2 aromatic carbocycles. The Balaban J connectivity index is 1.58. The first-order valence-corrected chi connectivity index (χ1v) is 9.46. The number of anilines is 1. The molecule has 0 aliphatic rings. The molecule has 1 aromatic heterocycles. The van der Waals surface area contributed by atoms with Crippen LogP contribution in [0.2, 0.25) is 0 Å². The van der Waals surface area contributed by atoms with Crippen molar-refractivity contribution >= 4 is 40.3 Å². The van der Waals surface area contributed by atoms with Crippen molar-refractivity contribution in [1.29, 1.82) is 0 Å². The van der Waals surface area contributed by atoms with Gasteiger partial charge in [-0.15, -0.1) is 0 Å². The van der Waals surface area contributed by atoms with Crippen molar-refractivity contribution in [2.75, 3.05) is 5.43 Å². The molecule has 0 radical (unpaired) electrons. The second-order valence-corrected chi connectivity index (χ2v) is 7.16. The Kier molecular flexibility index (Phi) is 6.53. The van der Waals surface area contributed by atoms with Crippen LogP contribution in [0, 0.1) is 20.6 Å². The second kappa shape index (κ2) is 9.27. The number of benzene rings is 2. The van der Waals surface area contributed by atoms with Crippen molar-refractivity contribution in [1.82, 2.24) is 4.98 Å². The van der Waals surface area contributed by atoms with E-state index in [4.69, 9.17) is 4.74 Å². The number of hydrogen-bond donors (Lipinski definition) is 1. The first kappa shape index (κ1) is 19.7. The number of aryl methyl sites for hydroxylation is 1. The van der Waals surface area contributed by atoms with Crippen LogP contribution in [0.4, 0.5) is 11.5 Å². The van der Waals surface area contributed by atoms with Crippen molar-refractivity contribution in [3.8, 4) is 5.75 Å². The van der Waals surface area contributed by atoms with Crippen molar-refractivity contribution in [2.24, 2.45) is 5.10 Å². The number of nitrogens with one attached hydrogen (secondary N) is 1. The lowest BCUT2D eigenvalue weighted by molar-refractivity contribution is -0.385. The highest BCUT2D eigenvalue weighted by atomic mass is 127. The lowest BCUT2D eigenvalue weighted by Crippen LogP contribution is -1.98. The summed E-state index contributed by atoms with van der Waals surface area (Å²) < 4.78 is 6.88. The van der Waals surface area contributed by atoms with E-state index in [-0.39, 0.29) is 5.69 Å². The minimum atomic E-state index is -0.495. The van der Waals surface area contributed by atoms with Gasteiger partial charge < -0.3 is 4.74 Å². The molecule has 1 N–H and O–H groups in total.